The minimum absolute atomic E-state index is 0.0226. The summed E-state index contributed by atoms with van der Waals surface area (Å²) < 4.78 is 10.7. The highest BCUT2D eigenvalue weighted by Gasteiger charge is 2.19. The van der Waals surface area contributed by atoms with Crippen LogP contribution in [0.15, 0.2) is 88.3 Å². The lowest BCUT2D eigenvalue weighted by molar-refractivity contribution is -0.132. The summed E-state index contributed by atoms with van der Waals surface area (Å²) in [6.07, 6.45) is 0. The van der Waals surface area contributed by atoms with Crippen LogP contribution in [0.5, 0.6) is 11.5 Å². The first-order chi connectivity index (χ1) is 18.5. The van der Waals surface area contributed by atoms with Crippen molar-refractivity contribution in [1.82, 2.24) is 0 Å². The predicted molar refractivity (Wildman–Crippen MR) is 146 cm³/mol. The van der Waals surface area contributed by atoms with E-state index in [1.54, 1.807) is 49.4 Å². The van der Waals surface area contributed by atoms with Crippen LogP contribution in [0.1, 0.15) is 30.5 Å². The largest absolute Gasteiger partial charge is 0.464 e. The molecule has 0 bridgehead atoms. The first-order valence-corrected chi connectivity index (χ1v) is 12.0. The molecule has 0 unspecified atom stereocenters. The number of benzene rings is 3. The van der Waals surface area contributed by atoms with Gasteiger partial charge in [-0.1, -0.05) is 51.3 Å². The first kappa shape index (κ1) is 28.2. The maximum Gasteiger partial charge on any atom is 0.360 e. The Morgan fingerprint density at radius 2 is 1.47 bits per heavy atom. The van der Waals surface area contributed by atoms with E-state index in [0.717, 1.165) is 5.56 Å². The van der Waals surface area contributed by atoms with Crippen molar-refractivity contribution < 1.29 is 28.8 Å². The van der Waals surface area contributed by atoms with Gasteiger partial charge >= 0.3 is 5.97 Å². The highest BCUT2D eigenvalue weighted by molar-refractivity contribution is 6.47. The molecule has 0 spiro atoms. The summed E-state index contributed by atoms with van der Waals surface area (Å²) >= 11 is 5.93. The van der Waals surface area contributed by atoms with Gasteiger partial charge in [0.1, 0.15) is 43.2 Å². The number of carbonyl (C=O) groups is 1. The fourth-order valence-corrected chi connectivity index (χ4v) is 3.41. The Hall–Kier alpha value is -4.37. The van der Waals surface area contributed by atoms with Gasteiger partial charge in [0.05, 0.1) is 7.11 Å². The third kappa shape index (κ3) is 7.81. The molecule has 38 heavy (non-hydrogen) atoms. The lowest BCUT2D eigenvalue weighted by atomic mass is 10.0. The van der Waals surface area contributed by atoms with Gasteiger partial charge in [0.15, 0.2) is 5.71 Å². The molecule has 0 N–H and O–H groups in total. The van der Waals surface area contributed by atoms with E-state index in [4.69, 9.17) is 35.6 Å². The Balaban J connectivity index is 1.77. The molecule has 3 rings (SSSR count). The van der Waals surface area contributed by atoms with Crippen molar-refractivity contribution in [3.8, 4) is 11.5 Å². The van der Waals surface area contributed by atoms with E-state index in [2.05, 4.69) is 15.5 Å². The molecule has 3 aromatic carbocycles. The van der Waals surface area contributed by atoms with Crippen molar-refractivity contribution in [3.05, 3.63) is 94.5 Å². The quantitative estimate of drug-likeness (QED) is 0.160. The van der Waals surface area contributed by atoms with Gasteiger partial charge in [0.25, 0.3) is 0 Å². The zero-order chi connectivity index (χ0) is 27.3. The lowest BCUT2D eigenvalue weighted by Crippen LogP contribution is -2.19. The number of esters is 1. The molecular formula is C28H28ClN3O6. The minimum Gasteiger partial charge on any atom is -0.464 e. The van der Waals surface area contributed by atoms with Crippen molar-refractivity contribution in [2.24, 2.45) is 15.5 Å². The number of oxime groups is 3. The van der Waals surface area contributed by atoms with Crippen LogP contribution in [0, 0.1) is 0 Å². The van der Waals surface area contributed by atoms with Crippen LogP contribution >= 0.6 is 11.6 Å². The van der Waals surface area contributed by atoms with E-state index in [0.29, 0.717) is 45.7 Å². The molecule has 0 saturated heterocycles. The van der Waals surface area contributed by atoms with Gasteiger partial charge in [0.2, 0.25) is 0 Å². The van der Waals surface area contributed by atoms with Crippen molar-refractivity contribution in [2.75, 3.05) is 20.8 Å². The van der Waals surface area contributed by atoms with Crippen molar-refractivity contribution in [2.45, 2.75) is 20.5 Å². The fourth-order valence-electron chi connectivity index (χ4n) is 3.28. The summed E-state index contributed by atoms with van der Waals surface area (Å²) in [7, 11) is 2.63. The maximum atomic E-state index is 12.2. The number of hydrogen-bond acceptors (Lipinski definition) is 9. The topological polar surface area (TPSA) is 100 Å². The number of nitrogens with zero attached hydrogens (tertiary/aromatic N) is 3. The van der Waals surface area contributed by atoms with E-state index in [1.165, 1.54) is 14.2 Å². The van der Waals surface area contributed by atoms with Crippen molar-refractivity contribution in [1.29, 1.82) is 0 Å². The summed E-state index contributed by atoms with van der Waals surface area (Å²) in [5, 5.41) is 12.9. The SMILES string of the molecule is CCO/N=C(/C(C)=NOCc1ccccc1C(=NOC)C(=O)OC)c1ccc(Oc2ccc(Cl)cc2)cc1. The second-order valence-corrected chi connectivity index (χ2v) is 8.10. The van der Waals surface area contributed by atoms with Crippen LogP contribution in [0.2, 0.25) is 5.02 Å². The Kier molecular flexibility index (Phi) is 10.7. The minimum atomic E-state index is -0.631. The van der Waals surface area contributed by atoms with Gasteiger partial charge in [-0.15, -0.1) is 0 Å². The standard InChI is InChI=1S/C28H28ClN3O6/c1-5-36-32-26(20-10-14-23(15-11-20)38-24-16-12-22(29)13-17-24)19(2)30-37-18-21-8-6-7-9-25(21)27(31-35-4)28(33)34-3/h6-17H,5,18H2,1-4H3/b30-19?,31-27?,32-26-. The van der Waals surface area contributed by atoms with E-state index < -0.39 is 5.97 Å². The Bertz CT molecular complexity index is 1300. The van der Waals surface area contributed by atoms with Crippen LogP contribution in [0.4, 0.5) is 0 Å². The number of ether oxygens (including phenoxy) is 2. The van der Waals surface area contributed by atoms with Gasteiger partial charge in [-0.2, -0.15) is 0 Å². The van der Waals surface area contributed by atoms with E-state index >= 15 is 0 Å². The smallest absolute Gasteiger partial charge is 0.360 e. The van der Waals surface area contributed by atoms with E-state index in [-0.39, 0.29) is 12.3 Å². The number of methoxy groups -OCH3 is 1. The highest BCUT2D eigenvalue weighted by atomic mass is 35.5. The third-order valence-electron chi connectivity index (χ3n) is 5.06. The van der Waals surface area contributed by atoms with Gasteiger partial charge < -0.3 is 24.0 Å². The van der Waals surface area contributed by atoms with Crippen LogP contribution in [0.3, 0.4) is 0 Å². The molecule has 10 heteroatoms. The summed E-state index contributed by atoms with van der Waals surface area (Å²) in [5.41, 5.74) is 2.93. The monoisotopic (exact) mass is 537 g/mol. The molecule has 0 saturated carbocycles. The van der Waals surface area contributed by atoms with E-state index in [1.807, 2.05) is 37.3 Å². The molecule has 0 atom stereocenters. The molecular weight excluding hydrogens is 510 g/mol. The lowest BCUT2D eigenvalue weighted by Gasteiger charge is -2.11. The summed E-state index contributed by atoms with van der Waals surface area (Å²) in [4.78, 5) is 27.9. The van der Waals surface area contributed by atoms with Crippen LogP contribution < -0.4 is 4.74 Å². The van der Waals surface area contributed by atoms with E-state index in [9.17, 15) is 4.79 Å². The zero-order valence-electron chi connectivity index (χ0n) is 21.5. The number of carbonyl (C=O) groups excluding carboxylic acids is 1. The molecule has 0 aliphatic rings. The molecule has 0 aromatic heterocycles. The molecule has 0 aliphatic heterocycles. The van der Waals surface area contributed by atoms with Crippen molar-refractivity contribution >= 4 is 34.7 Å². The molecule has 3 aromatic rings. The Morgan fingerprint density at radius 1 is 0.816 bits per heavy atom. The van der Waals surface area contributed by atoms with Gasteiger partial charge in [-0.05, 0) is 62.4 Å². The van der Waals surface area contributed by atoms with Crippen LogP contribution in [-0.4, -0.2) is 43.9 Å². The number of rotatable bonds is 12. The van der Waals surface area contributed by atoms with Crippen LogP contribution in [0.25, 0.3) is 0 Å². The zero-order valence-corrected chi connectivity index (χ0v) is 22.3. The molecule has 0 aliphatic carbocycles. The Labute approximate surface area is 226 Å². The first-order valence-electron chi connectivity index (χ1n) is 11.6. The number of halogens is 1. The molecule has 0 radical (unpaired) electrons. The van der Waals surface area contributed by atoms with Crippen molar-refractivity contribution in [3.63, 3.8) is 0 Å². The molecule has 0 amide bonds. The van der Waals surface area contributed by atoms with Gasteiger partial charge in [0, 0.05) is 21.7 Å². The Morgan fingerprint density at radius 3 is 2.11 bits per heavy atom. The normalized spacial score (nSPS) is 12.1. The second kappa shape index (κ2) is 14.4. The summed E-state index contributed by atoms with van der Waals surface area (Å²) in [6.45, 7) is 4.04. The second-order valence-electron chi connectivity index (χ2n) is 7.66. The van der Waals surface area contributed by atoms with Gasteiger partial charge in [-0.25, -0.2) is 4.79 Å². The molecule has 0 heterocycles. The van der Waals surface area contributed by atoms with Gasteiger partial charge in [-0.3, -0.25) is 0 Å². The van der Waals surface area contributed by atoms with Crippen LogP contribution in [-0.2, 0) is 30.7 Å². The summed E-state index contributed by atoms with van der Waals surface area (Å²) in [6, 6.07) is 21.5. The number of hydrogen-bond donors (Lipinski definition) is 0. The summed E-state index contributed by atoms with van der Waals surface area (Å²) in [5.74, 6) is 0.685. The fraction of sp³-hybridized carbons (Fsp3) is 0.214. The maximum absolute atomic E-state index is 12.2. The molecule has 0 fully saturated rings. The highest BCUT2D eigenvalue weighted by Crippen LogP contribution is 2.24. The average Bonchev–Trinajstić information content (AvgIpc) is 2.94. The third-order valence-corrected chi connectivity index (χ3v) is 5.31. The average molecular weight is 538 g/mol. The predicted octanol–water partition coefficient (Wildman–Crippen LogP) is 5.99. The molecule has 9 nitrogen and oxygen atoms in total. The molecule has 198 valence electrons.